The number of carbonyl (C=O) groups is 1. The van der Waals surface area contributed by atoms with Crippen LogP contribution in [0.1, 0.15) is 19.3 Å². The first-order valence-corrected chi connectivity index (χ1v) is 3.33. The summed E-state index contributed by atoms with van der Waals surface area (Å²) < 4.78 is 0. The summed E-state index contributed by atoms with van der Waals surface area (Å²) >= 11 is 0. The van der Waals surface area contributed by atoms with E-state index < -0.39 is 15.8 Å². The predicted molar refractivity (Wildman–Crippen MR) is 37.7 cm³/mol. The van der Waals surface area contributed by atoms with E-state index in [1.165, 1.54) is 0 Å². The minimum absolute atomic E-state index is 0.195. The van der Waals surface area contributed by atoms with Gasteiger partial charge in [0.05, 0.1) is 6.42 Å². The van der Waals surface area contributed by atoms with E-state index in [0.717, 1.165) is 0 Å². The third-order valence-electron chi connectivity index (χ3n) is 1.18. The zero-order valence-electron chi connectivity index (χ0n) is 6.26. The van der Waals surface area contributed by atoms with Gasteiger partial charge in [0, 0.05) is 11.3 Å². The number of hydrogen-bond acceptors (Lipinski definition) is 5. The monoisotopic (exact) mass is 176 g/mol. The number of amides is 1. The van der Waals surface area contributed by atoms with Crippen molar-refractivity contribution in [3.63, 3.8) is 0 Å². The van der Waals surface area contributed by atoms with Gasteiger partial charge in [-0.05, 0) is 6.42 Å². The molecule has 0 aromatic heterocycles. The van der Waals surface area contributed by atoms with Crippen molar-refractivity contribution in [2.75, 3.05) is 6.54 Å². The number of hydrogen-bond donors (Lipinski definition) is 0. The van der Waals surface area contributed by atoms with Gasteiger partial charge in [-0.3, -0.25) is 20.2 Å². The van der Waals surface area contributed by atoms with Crippen molar-refractivity contribution in [1.29, 1.82) is 0 Å². The lowest BCUT2D eigenvalue weighted by Gasteiger charge is -1.91. The second-order valence-corrected chi connectivity index (χ2v) is 2.16. The lowest BCUT2D eigenvalue weighted by Crippen LogP contribution is -2.11. The maximum Gasteiger partial charge on any atom is 0.444 e. The second-order valence-electron chi connectivity index (χ2n) is 2.16. The van der Waals surface area contributed by atoms with E-state index in [0.29, 0.717) is 0 Å². The van der Waals surface area contributed by atoms with Crippen LogP contribution >= 0.6 is 0 Å². The van der Waals surface area contributed by atoms with Crippen molar-refractivity contribution in [1.82, 2.24) is 0 Å². The molecule has 0 saturated heterocycles. The minimum atomic E-state index is -1.08. The highest BCUT2D eigenvalue weighted by molar-refractivity contribution is 5.66. The molecule has 0 heterocycles. The molecule has 0 aromatic carbocycles. The van der Waals surface area contributed by atoms with Gasteiger partial charge in [0.15, 0.2) is 0 Å². The van der Waals surface area contributed by atoms with Crippen LogP contribution in [0.3, 0.4) is 0 Å². The molecule has 1 amide bonds. The van der Waals surface area contributed by atoms with Gasteiger partial charge >= 0.3 is 5.91 Å². The summed E-state index contributed by atoms with van der Waals surface area (Å²) in [6, 6.07) is 0. The number of nitro groups is 2. The van der Waals surface area contributed by atoms with E-state index in [9.17, 15) is 25.0 Å². The summed E-state index contributed by atoms with van der Waals surface area (Å²) in [5.74, 6) is -1.08. The highest BCUT2D eigenvalue weighted by Gasteiger charge is 2.13. The normalized spacial score (nSPS) is 9.33. The van der Waals surface area contributed by atoms with E-state index in [2.05, 4.69) is 0 Å². The van der Waals surface area contributed by atoms with E-state index in [1.54, 1.807) is 0 Å². The number of nitrogens with zero attached hydrogens (tertiary/aromatic N) is 2. The third kappa shape index (κ3) is 5.27. The van der Waals surface area contributed by atoms with Gasteiger partial charge in [-0.2, -0.15) is 0 Å². The molecule has 12 heavy (non-hydrogen) atoms. The Morgan fingerprint density at radius 3 is 2.17 bits per heavy atom. The van der Waals surface area contributed by atoms with Crippen molar-refractivity contribution < 1.29 is 14.6 Å². The van der Waals surface area contributed by atoms with Crippen LogP contribution in [-0.4, -0.2) is 22.3 Å². The predicted octanol–water partition coefficient (Wildman–Crippen LogP) is 0.237. The average Bonchev–Trinajstić information content (AvgIpc) is 1.97. The van der Waals surface area contributed by atoms with E-state index in [-0.39, 0.29) is 25.8 Å². The maximum absolute atomic E-state index is 10.3. The molecule has 0 bridgehead atoms. The van der Waals surface area contributed by atoms with Crippen LogP contribution in [0, 0.1) is 20.2 Å². The second kappa shape index (κ2) is 5.16. The molecule has 0 rings (SSSR count). The Bertz CT molecular complexity index is 202. The van der Waals surface area contributed by atoms with Gasteiger partial charge < -0.3 is 0 Å². The Morgan fingerprint density at radius 1 is 1.17 bits per heavy atom. The zero-order valence-corrected chi connectivity index (χ0v) is 6.26. The van der Waals surface area contributed by atoms with Crippen molar-refractivity contribution in [3.05, 3.63) is 20.2 Å². The van der Waals surface area contributed by atoms with Crippen LogP contribution in [-0.2, 0) is 4.79 Å². The molecule has 0 atom stereocenters. The third-order valence-corrected chi connectivity index (χ3v) is 1.18. The first kappa shape index (κ1) is 10.5. The average molecular weight is 176 g/mol. The molecule has 0 spiro atoms. The molecule has 0 unspecified atom stereocenters. The van der Waals surface area contributed by atoms with Crippen LogP contribution in [0.15, 0.2) is 0 Å². The smallest absolute Gasteiger partial charge is 0.265 e. The van der Waals surface area contributed by atoms with Gasteiger partial charge in [-0.25, -0.2) is 4.79 Å². The topological polar surface area (TPSA) is 103 Å². The molecule has 68 valence electrons. The Kier molecular flexibility index (Phi) is 4.51. The lowest BCUT2D eigenvalue weighted by atomic mass is 10.2. The Labute approximate surface area is 67.7 Å². The summed E-state index contributed by atoms with van der Waals surface area (Å²) in [7, 11) is 0. The van der Waals surface area contributed by atoms with Crippen molar-refractivity contribution >= 4 is 5.91 Å². The van der Waals surface area contributed by atoms with Gasteiger partial charge in [0.25, 0.3) is 0 Å². The first-order valence-electron chi connectivity index (χ1n) is 3.33. The van der Waals surface area contributed by atoms with E-state index in [1.807, 2.05) is 0 Å². The summed E-state index contributed by atoms with van der Waals surface area (Å²) in [5.41, 5.74) is 0. The molecule has 0 aliphatic carbocycles. The molecule has 7 nitrogen and oxygen atoms in total. The van der Waals surface area contributed by atoms with Crippen molar-refractivity contribution in [2.24, 2.45) is 0 Å². The standard InChI is InChI=1S/C5H8N2O5/c8-5(7(11)12)3-1-2-4-6(9)10/h1-4H2. The molecule has 0 aliphatic heterocycles. The van der Waals surface area contributed by atoms with Crippen molar-refractivity contribution in [3.8, 4) is 0 Å². The summed E-state index contributed by atoms with van der Waals surface area (Å²) in [4.78, 5) is 28.3. The zero-order chi connectivity index (χ0) is 9.56. The molecule has 0 aliphatic rings. The molecule has 0 saturated carbocycles. The molecular formula is C5H8N2O5. The fourth-order valence-corrected chi connectivity index (χ4v) is 0.608. The fourth-order valence-electron chi connectivity index (χ4n) is 0.608. The quantitative estimate of drug-likeness (QED) is 0.339. The molecule has 0 N–H and O–H groups in total. The fraction of sp³-hybridized carbons (Fsp3) is 0.800. The van der Waals surface area contributed by atoms with Gasteiger partial charge in [-0.1, -0.05) is 0 Å². The maximum atomic E-state index is 10.3. The molecule has 0 fully saturated rings. The van der Waals surface area contributed by atoms with Crippen LogP contribution in [0.2, 0.25) is 0 Å². The molecule has 7 heteroatoms. The van der Waals surface area contributed by atoms with E-state index >= 15 is 0 Å². The highest BCUT2D eigenvalue weighted by atomic mass is 16.6. The first-order chi connectivity index (χ1) is 5.54. The van der Waals surface area contributed by atoms with Gasteiger partial charge in [0.2, 0.25) is 6.54 Å². The van der Waals surface area contributed by atoms with Gasteiger partial charge in [0.1, 0.15) is 4.92 Å². The summed E-state index contributed by atoms with van der Waals surface area (Å²) in [6.45, 7) is -0.245. The minimum Gasteiger partial charge on any atom is -0.265 e. The van der Waals surface area contributed by atoms with Crippen LogP contribution in [0.25, 0.3) is 0 Å². The van der Waals surface area contributed by atoms with E-state index in [4.69, 9.17) is 0 Å². The Hall–Kier alpha value is -1.53. The van der Waals surface area contributed by atoms with Crippen LogP contribution in [0.5, 0.6) is 0 Å². The summed E-state index contributed by atoms with van der Waals surface area (Å²) in [5, 5.41) is 19.5. The number of rotatable bonds is 5. The Morgan fingerprint density at radius 2 is 1.75 bits per heavy atom. The highest BCUT2D eigenvalue weighted by Crippen LogP contribution is 1.96. The molecular weight excluding hydrogens is 168 g/mol. The Balaban J connectivity index is 3.38. The van der Waals surface area contributed by atoms with Crippen LogP contribution in [0.4, 0.5) is 0 Å². The summed E-state index contributed by atoms with van der Waals surface area (Å²) in [6.07, 6.45) is 0.175. The van der Waals surface area contributed by atoms with Crippen LogP contribution < -0.4 is 0 Å². The SMILES string of the molecule is O=C(CCCC[N+](=O)[O-])[N+](=O)[O-]. The number of unbranched alkanes of at least 4 members (excludes halogenated alkanes) is 1. The largest absolute Gasteiger partial charge is 0.444 e. The van der Waals surface area contributed by atoms with Crippen molar-refractivity contribution in [2.45, 2.75) is 19.3 Å². The van der Waals surface area contributed by atoms with Gasteiger partial charge in [-0.15, -0.1) is 0 Å². The number of carbonyl (C=O) groups excluding carboxylic acids is 1. The lowest BCUT2D eigenvalue weighted by molar-refractivity contribution is -0.480. The molecule has 0 radical (unpaired) electrons. The molecule has 0 aromatic rings.